The van der Waals surface area contributed by atoms with Gasteiger partial charge >= 0.3 is 11.9 Å². The molecule has 0 amide bonds. The Labute approximate surface area is 361 Å². The Morgan fingerprint density at radius 2 is 0.724 bits per heavy atom. The summed E-state index contributed by atoms with van der Waals surface area (Å²) in [7, 11) is 0. The number of rotatable bonds is 47. The van der Waals surface area contributed by atoms with Crippen LogP contribution >= 0.6 is 0 Å². The lowest BCUT2D eigenvalue weighted by atomic mass is 10.1. The second kappa shape index (κ2) is 49.5. The van der Waals surface area contributed by atoms with E-state index in [0.717, 1.165) is 44.9 Å². The summed E-state index contributed by atoms with van der Waals surface area (Å²) in [4.78, 5) is 25.2. The molecule has 5 nitrogen and oxygen atoms in total. The maximum absolute atomic E-state index is 12.7. The summed E-state index contributed by atoms with van der Waals surface area (Å²) in [5, 5.41) is 0. The van der Waals surface area contributed by atoms with Crippen LogP contribution in [0.25, 0.3) is 0 Å². The average Bonchev–Trinajstić information content (AvgIpc) is 3.22. The summed E-state index contributed by atoms with van der Waals surface area (Å²) >= 11 is 0. The van der Waals surface area contributed by atoms with Crippen LogP contribution in [0, 0.1) is 0 Å². The van der Waals surface area contributed by atoms with Gasteiger partial charge in [0.05, 0.1) is 6.61 Å². The fraction of sp³-hybridized carbons (Fsp3) is 0.849. The summed E-state index contributed by atoms with van der Waals surface area (Å²) in [6, 6.07) is 0. The van der Waals surface area contributed by atoms with Gasteiger partial charge < -0.3 is 14.2 Å². The number of esters is 2. The van der Waals surface area contributed by atoms with Gasteiger partial charge in [-0.1, -0.05) is 211 Å². The second-order valence-corrected chi connectivity index (χ2v) is 17.1. The molecule has 1 unspecified atom stereocenters. The van der Waals surface area contributed by atoms with Gasteiger partial charge in [0.1, 0.15) is 6.61 Å². The average molecular weight is 815 g/mol. The van der Waals surface area contributed by atoms with E-state index in [4.69, 9.17) is 14.2 Å². The van der Waals surface area contributed by atoms with Crippen LogP contribution in [-0.2, 0) is 23.8 Å². The van der Waals surface area contributed by atoms with E-state index >= 15 is 0 Å². The van der Waals surface area contributed by atoms with Crippen molar-refractivity contribution in [1.82, 2.24) is 0 Å². The van der Waals surface area contributed by atoms with E-state index in [2.05, 4.69) is 57.2 Å². The molecule has 0 aromatic heterocycles. The Bertz CT molecular complexity index is 924. The SMILES string of the molecule is CCCCC/C=C\C/C=C\CCCCCCCCCCCC(=O)OCC(COCCCCCCCC/C=C\CCCCCCCC)OC(=O)CCCCCCCCC. The number of ether oxygens (including phenoxy) is 3. The van der Waals surface area contributed by atoms with E-state index in [1.165, 1.54) is 186 Å². The normalized spacial score (nSPS) is 12.4. The van der Waals surface area contributed by atoms with Gasteiger partial charge in [-0.05, 0) is 77.0 Å². The zero-order valence-electron chi connectivity index (χ0n) is 39.1. The third kappa shape index (κ3) is 46.8. The summed E-state index contributed by atoms with van der Waals surface area (Å²) in [5.74, 6) is -0.401. The topological polar surface area (TPSA) is 61.8 Å². The molecule has 0 N–H and O–H groups in total. The molecule has 0 aromatic rings. The third-order valence-electron chi connectivity index (χ3n) is 11.1. The molecule has 5 heteroatoms. The second-order valence-electron chi connectivity index (χ2n) is 17.1. The first-order valence-electron chi connectivity index (χ1n) is 25.5. The maximum Gasteiger partial charge on any atom is 0.306 e. The summed E-state index contributed by atoms with van der Waals surface area (Å²) in [6.45, 7) is 7.78. The Balaban J connectivity index is 4.09. The van der Waals surface area contributed by atoms with Crippen LogP contribution in [0.4, 0.5) is 0 Å². The molecule has 0 spiro atoms. The molecule has 0 saturated heterocycles. The van der Waals surface area contributed by atoms with Crippen molar-refractivity contribution >= 4 is 11.9 Å². The number of hydrogen-bond donors (Lipinski definition) is 0. The van der Waals surface area contributed by atoms with Crippen LogP contribution in [0.15, 0.2) is 36.5 Å². The third-order valence-corrected chi connectivity index (χ3v) is 11.1. The van der Waals surface area contributed by atoms with E-state index < -0.39 is 6.10 Å². The lowest BCUT2D eigenvalue weighted by Gasteiger charge is -2.18. The van der Waals surface area contributed by atoms with Crippen LogP contribution in [-0.4, -0.2) is 37.9 Å². The van der Waals surface area contributed by atoms with E-state index in [-0.39, 0.29) is 25.2 Å². The highest BCUT2D eigenvalue weighted by atomic mass is 16.6. The molecule has 0 rings (SSSR count). The van der Waals surface area contributed by atoms with Gasteiger partial charge in [0.2, 0.25) is 0 Å². The number of allylic oxidation sites excluding steroid dienone is 6. The Morgan fingerprint density at radius 3 is 1.19 bits per heavy atom. The van der Waals surface area contributed by atoms with Gasteiger partial charge in [-0.15, -0.1) is 0 Å². The monoisotopic (exact) mass is 815 g/mol. The summed E-state index contributed by atoms with van der Waals surface area (Å²) in [6.07, 6.45) is 58.7. The highest BCUT2D eigenvalue weighted by Gasteiger charge is 2.17. The van der Waals surface area contributed by atoms with Crippen molar-refractivity contribution in [2.24, 2.45) is 0 Å². The van der Waals surface area contributed by atoms with Crippen LogP contribution in [0.2, 0.25) is 0 Å². The summed E-state index contributed by atoms with van der Waals surface area (Å²) < 4.78 is 17.3. The highest BCUT2D eigenvalue weighted by Crippen LogP contribution is 2.14. The molecule has 0 aromatic carbocycles. The molecular formula is C53H98O5. The van der Waals surface area contributed by atoms with Gasteiger partial charge in [0.25, 0.3) is 0 Å². The van der Waals surface area contributed by atoms with Crippen molar-refractivity contribution in [3.8, 4) is 0 Å². The molecule has 0 bridgehead atoms. The predicted octanol–water partition coefficient (Wildman–Crippen LogP) is 17.0. The predicted molar refractivity (Wildman–Crippen MR) is 252 cm³/mol. The molecule has 0 saturated carbocycles. The Morgan fingerprint density at radius 1 is 0.379 bits per heavy atom. The molecule has 1 atom stereocenters. The van der Waals surface area contributed by atoms with E-state index in [1.807, 2.05) is 0 Å². The molecule has 58 heavy (non-hydrogen) atoms. The number of hydrogen-bond acceptors (Lipinski definition) is 5. The van der Waals surface area contributed by atoms with Gasteiger partial charge in [-0.3, -0.25) is 9.59 Å². The van der Waals surface area contributed by atoms with Crippen molar-refractivity contribution < 1.29 is 23.8 Å². The van der Waals surface area contributed by atoms with Crippen molar-refractivity contribution in [3.63, 3.8) is 0 Å². The van der Waals surface area contributed by atoms with Gasteiger partial charge in [-0.2, -0.15) is 0 Å². The van der Waals surface area contributed by atoms with E-state index in [1.54, 1.807) is 0 Å². The van der Waals surface area contributed by atoms with E-state index in [0.29, 0.717) is 19.4 Å². The van der Waals surface area contributed by atoms with Crippen LogP contribution in [0.3, 0.4) is 0 Å². The quantitative estimate of drug-likeness (QED) is 0.0348. The standard InChI is InChI=1S/C53H98O5/c1-4-7-10-13-16-18-20-22-24-26-27-28-29-31-33-35-38-40-43-46-52(54)57-50-51(58-53(55)47-44-41-37-15-12-9-6-3)49-56-48-45-42-39-36-34-32-30-25-23-21-19-17-14-11-8-5-2/h16,18,22-25,51H,4-15,17,19-21,26-50H2,1-3H3/b18-16-,24-22-,25-23-. The van der Waals surface area contributed by atoms with Crippen molar-refractivity contribution in [3.05, 3.63) is 36.5 Å². The fourth-order valence-electron chi connectivity index (χ4n) is 7.30. The Kier molecular flexibility index (Phi) is 47.9. The molecule has 0 aliphatic heterocycles. The zero-order chi connectivity index (χ0) is 42.1. The first kappa shape index (κ1) is 56.1. The van der Waals surface area contributed by atoms with Crippen LogP contribution < -0.4 is 0 Å². The fourth-order valence-corrected chi connectivity index (χ4v) is 7.30. The minimum Gasteiger partial charge on any atom is -0.462 e. The summed E-state index contributed by atoms with van der Waals surface area (Å²) in [5.41, 5.74) is 0. The first-order chi connectivity index (χ1) is 28.6. The Hall–Kier alpha value is -1.88. The first-order valence-corrected chi connectivity index (χ1v) is 25.5. The molecule has 0 aliphatic carbocycles. The molecule has 0 radical (unpaired) electrons. The lowest BCUT2D eigenvalue weighted by molar-refractivity contribution is -0.163. The number of carbonyl (C=O) groups excluding carboxylic acids is 2. The van der Waals surface area contributed by atoms with Crippen LogP contribution in [0.5, 0.6) is 0 Å². The number of carbonyl (C=O) groups is 2. The zero-order valence-corrected chi connectivity index (χ0v) is 39.1. The van der Waals surface area contributed by atoms with Gasteiger partial charge in [-0.25, -0.2) is 0 Å². The molecule has 0 fully saturated rings. The minimum atomic E-state index is -0.534. The largest absolute Gasteiger partial charge is 0.462 e. The van der Waals surface area contributed by atoms with E-state index in [9.17, 15) is 9.59 Å². The minimum absolute atomic E-state index is 0.0843. The van der Waals surface area contributed by atoms with Crippen LogP contribution in [0.1, 0.15) is 265 Å². The van der Waals surface area contributed by atoms with Crippen molar-refractivity contribution in [2.45, 2.75) is 271 Å². The number of unbranched alkanes of at least 4 members (excludes halogenated alkanes) is 30. The van der Waals surface area contributed by atoms with Crippen molar-refractivity contribution in [1.29, 1.82) is 0 Å². The van der Waals surface area contributed by atoms with Gasteiger partial charge in [0.15, 0.2) is 6.10 Å². The van der Waals surface area contributed by atoms with Gasteiger partial charge in [0, 0.05) is 19.4 Å². The van der Waals surface area contributed by atoms with Crippen molar-refractivity contribution in [2.75, 3.05) is 19.8 Å². The molecular weight excluding hydrogens is 717 g/mol. The maximum atomic E-state index is 12.7. The smallest absolute Gasteiger partial charge is 0.306 e. The highest BCUT2D eigenvalue weighted by molar-refractivity contribution is 5.70. The molecule has 0 heterocycles. The molecule has 0 aliphatic rings. The molecule has 340 valence electrons. The lowest BCUT2D eigenvalue weighted by Crippen LogP contribution is -2.30.